The van der Waals surface area contributed by atoms with Gasteiger partial charge in [-0.15, -0.1) is 5.10 Å². The van der Waals surface area contributed by atoms with Gasteiger partial charge < -0.3 is 9.88 Å². The zero-order valence-corrected chi connectivity index (χ0v) is 15.6. The number of amides is 1. The highest BCUT2D eigenvalue weighted by atomic mass is 16.2. The first-order chi connectivity index (χ1) is 13.6. The number of H-pyrrole nitrogens is 1. The molecule has 0 unspecified atom stereocenters. The molecule has 0 fully saturated rings. The summed E-state index contributed by atoms with van der Waals surface area (Å²) in [5.74, 6) is 0.538. The van der Waals surface area contributed by atoms with Crippen molar-refractivity contribution in [2.75, 3.05) is 13.1 Å². The first-order valence-electron chi connectivity index (χ1n) is 9.25. The predicted molar refractivity (Wildman–Crippen MR) is 101 cm³/mol. The number of aromatic amines is 1. The van der Waals surface area contributed by atoms with Crippen molar-refractivity contribution in [2.45, 2.75) is 32.2 Å². The maximum Gasteiger partial charge on any atom is 0.254 e. The summed E-state index contributed by atoms with van der Waals surface area (Å²) in [6.45, 7) is 2.74. The quantitative estimate of drug-likeness (QED) is 0.706. The summed E-state index contributed by atoms with van der Waals surface area (Å²) in [7, 11) is 0. The van der Waals surface area contributed by atoms with Gasteiger partial charge in [0.1, 0.15) is 18.2 Å². The van der Waals surface area contributed by atoms with Crippen LogP contribution in [-0.2, 0) is 24.1 Å². The minimum Gasteiger partial charge on any atom is -0.340 e. The van der Waals surface area contributed by atoms with Gasteiger partial charge in [0.2, 0.25) is 5.91 Å². The molecule has 1 aliphatic heterocycles. The first kappa shape index (κ1) is 18.0. The Bertz CT molecular complexity index is 1010. The van der Waals surface area contributed by atoms with Crippen LogP contribution in [0.1, 0.15) is 28.7 Å². The largest absolute Gasteiger partial charge is 0.340 e. The average Bonchev–Trinajstić information content (AvgIpc) is 3.13. The van der Waals surface area contributed by atoms with E-state index in [9.17, 15) is 9.59 Å². The number of tetrazole rings is 1. The van der Waals surface area contributed by atoms with Crippen LogP contribution in [0.15, 0.2) is 41.5 Å². The Balaban J connectivity index is 1.57. The Morgan fingerprint density at radius 2 is 2.00 bits per heavy atom. The number of carbonyl (C=O) groups excluding carboxylic acids is 1. The zero-order chi connectivity index (χ0) is 19.5. The van der Waals surface area contributed by atoms with Crippen LogP contribution in [0.5, 0.6) is 0 Å². The maximum absolute atomic E-state index is 13.4. The minimum absolute atomic E-state index is 0.0582. The van der Waals surface area contributed by atoms with Crippen LogP contribution in [0.3, 0.4) is 0 Å². The second kappa shape index (κ2) is 7.71. The van der Waals surface area contributed by atoms with E-state index in [1.807, 2.05) is 30.3 Å². The molecular weight excluding hydrogens is 358 g/mol. The third kappa shape index (κ3) is 3.68. The van der Waals surface area contributed by atoms with Gasteiger partial charge in [-0.2, -0.15) is 0 Å². The molecule has 1 atom stereocenters. The molecule has 1 aromatic carbocycles. The molecule has 1 aliphatic rings. The van der Waals surface area contributed by atoms with Gasteiger partial charge in [-0.25, -0.2) is 9.67 Å². The third-order valence-corrected chi connectivity index (χ3v) is 5.02. The molecule has 28 heavy (non-hydrogen) atoms. The van der Waals surface area contributed by atoms with Crippen LogP contribution in [-0.4, -0.2) is 54.1 Å². The van der Waals surface area contributed by atoms with Gasteiger partial charge in [-0.1, -0.05) is 30.3 Å². The number of aromatic nitrogens is 6. The molecule has 144 valence electrons. The zero-order valence-electron chi connectivity index (χ0n) is 15.6. The summed E-state index contributed by atoms with van der Waals surface area (Å²) in [6.07, 6.45) is 3.00. The smallest absolute Gasteiger partial charge is 0.254 e. The number of fused-ring (bicyclic) bond motifs is 1. The molecule has 0 radical (unpaired) electrons. The van der Waals surface area contributed by atoms with Crippen LogP contribution in [0.4, 0.5) is 0 Å². The number of nitrogens with one attached hydrogen (secondary N) is 1. The average molecular weight is 379 g/mol. The topological polar surface area (TPSA) is 110 Å². The van der Waals surface area contributed by atoms with Gasteiger partial charge in [0, 0.05) is 31.5 Å². The Hall–Kier alpha value is -3.36. The molecule has 4 rings (SSSR count). The lowest BCUT2D eigenvalue weighted by Gasteiger charge is -2.25. The van der Waals surface area contributed by atoms with E-state index in [1.54, 1.807) is 11.8 Å². The van der Waals surface area contributed by atoms with Crippen LogP contribution >= 0.6 is 0 Å². The molecule has 9 nitrogen and oxygen atoms in total. The van der Waals surface area contributed by atoms with Crippen molar-refractivity contribution >= 4 is 5.91 Å². The van der Waals surface area contributed by atoms with E-state index in [1.165, 1.54) is 11.0 Å². The molecule has 3 heterocycles. The monoisotopic (exact) mass is 379 g/mol. The lowest BCUT2D eigenvalue weighted by Crippen LogP contribution is -2.40. The standard InChI is InChI=1S/C19H21N7O2/c1-13-21-16-8-10-25(9-7-15(16)18(27)22-13)19(28)17(26-12-20-23-24-26)11-14-5-3-2-4-6-14/h2-6,12,17H,7-11H2,1H3,(H,21,22,27)/t17-/m1/s1. The lowest BCUT2D eigenvalue weighted by atomic mass is 10.0. The van der Waals surface area contributed by atoms with Crippen LogP contribution in [0.25, 0.3) is 0 Å². The van der Waals surface area contributed by atoms with Crippen LogP contribution in [0.2, 0.25) is 0 Å². The van der Waals surface area contributed by atoms with E-state index in [-0.39, 0.29) is 11.5 Å². The number of aryl methyl sites for hydroxylation is 1. The molecule has 0 bridgehead atoms. The second-order valence-electron chi connectivity index (χ2n) is 6.90. The number of nitrogens with zero attached hydrogens (tertiary/aromatic N) is 6. The van der Waals surface area contributed by atoms with Gasteiger partial charge in [-0.05, 0) is 29.3 Å². The number of rotatable bonds is 4. The molecule has 0 saturated heterocycles. The molecule has 2 aromatic heterocycles. The summed E-state index contributed by atoms with van der Waals surface area (Å²) >= 11 is 0. The van der Waals surface area contributed by atoms with Crippen molar-refractivity contribution in [3.05, 3.63) is 69.7 Å². The lowest BCUT2D eigenvalue weighted by molar-refractivity contribution is -0.135. The van der Waals surface area contributed by atoms with Crippen molar-refractivity contribution in [3.63, 3.8) is 0 Å². The van der Waals surface area contributed by atoms with Gasteiger partial charge in [0.25, 0.3) is 5.56 Å². The van der Waals surface area contributed by atoms with E-state index >= 15 is 0 Å². The fourth-order valence-corrected chi connectivity index (χ4v) is 3.61. The molecule has 1 N–H and O–H groups in total. The number of hydrogen-bond acceptors (Lipinski definition) is 6. The van der Waals surface area contributed by atoms with Gasteiger partial charge in [0.05, 0.1) is 5.69 Å². The predicted octanol–water partition coefficient (Wildman–Crippen LogP) is 0.476. The van der Waals surface area contributed by atoms with E-state index < -0.39 is 6.04 Å². The van der Waals surface area contributed by atoms with Gasteiger partial charge in [-0.3, -0.25) is 9.59 Å². The molecule has 0 spiro atoms. The molecule has 0 aliphatic carbocycles. The highest BCUT2D eigenvalue weighted by Gasteiger charge is 2.29. The van der Waals surface area contributed by atoms with Crippen LogP contribution in [0, 0.1) is 6.92 Å². The summed E-state index contributed by atoms with van der Waals surface area (Å²) in [4.78, 5) is 34.6. The Kier molecular flexibility index (Phi) is 4.96. The third-order valence-electron chi connectivity index (χ3n) is 5.02. The van der Waals surface area contributed by atoms with Crippen molar-refractivity contribution < 1.29 is 4.79 Å². The Morgan fingerprint density at radius 1 is 1.21 bits per heavy atom. The summed E-state index contributed by atoms with van der Waals surface area (Å²) in [6, 6.07) is 9.25. The summed E-state index contributed by atoms with van der Waals surface area (Å²) in [5, 5.41) is 11.3. The summed E-state index contributed by atoms with van der Waals surface area (Å²) < 4.78 is 1.50. The Labute approximate surface area is 161 Å². The normalized spacial score (nSPS) is 15.0. The maximum atomic E-state index is 13.4. The van der Waals surface area contributed by atoms with E-state index in [2.05, 4.69) is 25.5 Å². The van der Waals surface area contributed by atoms with E-state index in [0.29, 0.717) is 43.7 Å². The van der Waals surface area contributed by atoms with E-state index in [0.717, 1.165) is 11.3 Å². The number of carbonyl (C=O) groups is 1. The molecule has 3 aromatic rings. The van der Waals surface area contributed by atoms with Gasteiger partial charge in [0.15, 0.2) is 0 Å². The Morgan fingerprint density at radius 3 is 2.75 bits per heavy atom. The molecule has 9 heteroatoms. The highest BCUT2D eigenvalue weighted by molar-refractivity contribution is 5.80. The molecule has 0 saturated carbocycles. The SMILES string of the molecule is Cc1nc2c(c(=O)[nH]1)CCN(C(=O)[C@@H](Cc1ccccc1)n1cnnn1)CC2. The van der Waals surface area contributed by atoms with Crippen LogP contribution < -0.4 is 5.56 Å². The number of hydrogen-bond donors (Lipinski definition) is 1. The number of benzene rings is 1. The van der Waals surface area contributed by atoms with Crippen molar-refractivity contribution in [1.82, 2.24) is 35.1 Å². The molecular formula is C19H21N7O2. The second-order valence-corrected chi connectivity index (χ2v) is 6.90. The van der Waals surface area contributed by atoms with Crippen molar-refractivity contribution in [2.24, 2.45) is 0 Å². The van der Waals surface area contributed by atoms with Gasteiger partial charge >= 0.3 is 0 Å². The fraction of sp³-hybridized carbons (Fsp3) is 0.368. The fourth-order valence-electron chi connectivity index (χ4n) is 3.61. The first-order valence-corrected chi connectivity index (χ1v) is 9.25. The van der Waals surface area contributed by atoms with E-state index in [4.69, 9.17) is 0 Å². The van der Waals surface area contributed by atoms with Crippen molar-refractivity contribution in [1.29, 1.82) is 0 Å². The molecule has 1 amide bonds. The van der Waals surface area contributed by atoms with Crippen molar-refractivity contribution in [3.8, 4) is 0 Å². The highest BCUT2D eigenvalue weighted by Crippen LogP contribution is 2.19. The summed E-state index contributed by atoms with van der Waals surface area (Å²) in [5.41, 5.74) is 2.36. The minimum atomic E-state index is -0.536.